The molecular weight excluding hydrogens is 438 g/mol. The molecule has 0 saturated carbocycles. The molecule has 0 radical (unpaired) electrons. The van der Waals surface area contributed by atoms with Crippen LogP contribution in [-0.4, -0.2) is 14.1 Å². The van der Waals surface area contributed by atoms with Crippen molar-refractivity contribution in [1.82, 2.24) is 14.1 Å². The Morgan fingerprint density at radius 3 is 1.94 bits per heavy atom. The molecule has 3 nitrogen and oxygen atoms in total. The second-order valence-corrected chi connectivity index (χ2v) is 9.27. The molecule has 0 spiro atoms. The predicted molar refractivity (Wildman–Crippen MR) is 150 cm³/mol. The molecule has 3 heteroatoms. The van der Waals surface area contributed by atoms with Gasteiger partial charge in [-0.2, -0.15) is 0 Å². The summed E-state index contributed by atoms with van der Waals surface area (Å²) in [5.74, 6) is 0.897. The zero-order valence-electron chi connectivity index (χ0n) is 19.5. The quantitative estimate of drug-likeness (QED) is 0.238. The van der Waals surface area contributed by atoms with Crippen molar-refractivity contribution in [3.8, 4) is 11.6 Å². The van der Waals surface area contributed by atoms with Crippen LogP contribution in [0.1, 0.15) is 0 Å². The Balaban J connectivity index is 1.61. The SMILES string of the molecule is c1ccc(-n2c(-n3c4ccccc4c4ccc5c6ccccc6ccc5c43)nc3ccccc32)cc1. The van der Waals surface area contributed by atoms with Crippen LogP contribution < -0.4 is 0 Å². The summed E-state index contributed by atoms with van der Waals surface area (Å²) < 4.78 is 4.63. The summed E-state index contributed by atoms with van der Waals surface area (Å²) in [6, 6.07) is 45.3. The summed E-state index contributed by atoms with van der Waals surface area (Å²) in [6.07, 6.45) is 0. The van der Waals surface area contributed by atoms with E-state index in [0.29, 0.717) is 0 Å². The monoisotopic (exact) mass is 459 g/mol. The Morgan fingerprint density at radius 1 is 0.417 bits per heavy atom. The van der Waals surface area contributed by atoms with Gasteiger partial charge in [0, 0.05) is 21.8 Å². The van der Waals surface area contributed by atoms with Gasteiger partial charge < -0.3 is 0 Å². The van der Waals surface area contributed by atoms with Crippen LogP contribution in [0, 0.1) is 0 Å². The molecule has 0 atom stereocenters. The van der Waals surface area contributed by atoms with Crippen molar-refractivity contribution in [3.05, 3.63) is 127 Å². The number of hydrogen-bond donors (Lipinski definition) is 0. The van der Waals surface area contributed by atoms with E-state index in [1.54, 1.807) is 0 Å². The molecule has 0 aliphatic rings. The van der Waals surface area contributed by atoms with Crippen molar-refractivity contribution in [2.75, 3.05) is 0 Å². The second-order valence-electron chi connectivity index (χ2n) is 9.27. The number of aromatic nitrogens is 3. The molecule has 8 rings (SSSR count). The van der Waals surface area contributed by atoms with Gasteiger partial charge in [-0.25, -0.2) is 4.98 Å². The fraction of sp³-hybridized carbons (Fsp3) is 0. The maximum Gasteiger partial charge on any atom is 0.220 e. The number of benzene rings is 6. The average molecular weight is 460 g/mol. The van der Waals surface area contributed by atoms with Gasteiger partial charge in [0.15, 0.2) is 0 Å². The Bertz CT molecular complexity index is 2100. The molecule has 2 aromatic heterocycles. The third-order valence-electron chi connectivity index (χ3n) is 7.31. The van der Waals surface area contributed by atoms with Crippen LogP contribution in [0.4, 0.5) is 0 Å². The van der Waals surface area contributed by atoms with Crippen molar-refractivity contribution in [2.24, 2.45) is 0 Å². The van der Waals surface area contributed by atoms with Crippen LogP contribution in [0.15, 0.2) is 127 Å². The molecule has 168 valence electrons. The lowest BCUT2D eigenvalue weighted by atomic mass is 9.99. The van der Waals surface area contributed by atoms with E-state index in [1.165, 1.54) is 37.8 Å². The van der Waals surface area contributed by atoms with E-state index >= 15 is 0 Å². The standard InChI is InChI=1S/C33H21N3/c1-2-11-23(12-3-1)35-31-17-9-7-15-29(31)34-33(35)36-30-16-8-6-14-26(30)28-21-20-25-24-13-5-4-10-22(24)18-19-27(25)32(28)36/h1-21H. The molecule has 0 aliphatic heterocycles. The van der Waals surface area contributed by atoms with E-state index in [-0.39, 0.29) is 0 Å². The maximum atomic E-state index is 5.23. The highest BCUT2D eigenvalue weighted by atomic mass is 15.2. The van der Waals surface area contributed by atoms with Gasteiger partial charge in [-0.1, -0.05) is 97.1 Å². The minimum absolute atomic E-state index is 0.897. The summed E-state index contributed by atoms with van der Waals surface area (Å²) in [5, 5.41) is 7.48. The van der Waals surface area contributed by atoms with Gasteiger partial charge in [-0.3, -0.25) is 9.13 Å². The number of imidazole rings is 1. The van der Waals surface area contributed by atoms with E-state index in [0.717, 1.165) is 28.2 Å². The van der Waals surface area contributed by atoms with Crippen LogP contribution in [0.2, 0.25) is 0 Å². The van der Waals surface area contributed by atoms with Gasteiger partial charge in [-0.15, -0.1) is 0 Å². The molecule has 6 aromatic carbocycles. The van der Waals surface area contributed by atoms with Crippen molar-refractivity contribution in [1.29, 1.82) is 0 Å². The highest BCUT2D eigenvalue weighted by molar-refractivity contribution is 6.22. The second kappa shape index (κ2) is 7.30. The van der Waals surface area contributed by atoms with E-state index in [1.807, 2.05) is 0 Å². The molecule has 0 aliphatic carbocycles. The first-order valence-electron chi connectivity index (χ1n) is 12.3. The van der Waals surface area contributed by atoms with Gasteiger partial charge in [0.1, 0.15) is 0 Å². The van der Waals surface area contributed by atoms with E-state index in [4.69, 9.17) is 4.98 Å². The molecule has 2 heterocycles. The first kappa shape index (κ1) is 19.4. The lowest BCUT2D eigenvalue weighted by molar-refractivity contribution is 0.957. The Hall–Kier alpha value is -4.89. The first-order chi connectivity index (χ1) is 17.9. The molecule has 0 fully saturated rings. The Morgan fingerprint density at radius 2 is 1.06 bits per heavy atom. The highest BCUT2D eigenvalue weighted by Gasteiger charge is 2.21. The smallest absolute Gasteiger partial charge is 0.220 e. The zero-order chi connectivity index (χ0) is 23.6. The fourth-order valence-electron chi connectivity index (χ4n) is 5.75. The van der Waals surface area contributed by atoms with Crippen LogP contribution >= 0.6 is 0 Å². The van der Waals surface area contributed by atoms with Gasteiger partial charge in [0.05, 0.1) is 22.1 Å². The van der Waals surface area contributed by atoms with Crippen LogP contribution in [0.3, 0.4) is 0 Å². The summed E-state index contributed by atoms with van der Waals surface area (Å²) in [6.45, 7) is 0. The number of rotatable bonds is 2. The molecule has 0 N–H and O–H groups in total. The molecular formula is C33H21N3. The number of hydrogen-bond acceptors (Lipinski definition) is 1. The molecule has 36 heavy (non-hydrogen) atoms. The topological polar surface area (TPSA) is 22.8 Å². The maximum absolute atomic E-state index is 5.23. The Kier molecular flexibility index (Phi) is 3.94. The van der Waals surface area contributed by atoms with Crippen molar-refractivity contribution >= 4 is 54.4 Å². The number of nitrogens with zero attached hydrogens (tertiary/aromatic N) is 3. The van der Waals surface area contributed by atoms with E-state index < -0.39 is 0 Å². The van der Waals surface area contributed by atoms with E-state index in [9.17, 15) is 0 Å². The lowest BCUT2D eigenvalue weighted by Crippen LogP contribution is -2.05. The first-order valence-corrected chi connectivity index (χ1v) is 12.3. The summed E-state index contributed by atoms with van der Waals surface area (Å²) in [7, 11) is 0. The lowest BCUT2D eigenvalue weighted by Gasteiger charge is -2.13. The van der Waals surface area contributed by atoms with Crippen molar-refractivity contribution < 1.29 is 0 Å². The van der Waals surface area contributed by atoms with Crippen LogP contribution in [0.25, 0.3) is 66.0 Å². The van der Waals surface area contributed by atoms with E-state index in [2.05, 4.69) is 137 Å². The van der Waals surface area contributed by atoms with Crippen molar-refractivity contribution in [3.63, 3.8) is 0 Å². The van der Waals surface area contributed by atoms with Gasteiger partial charge >= 0.3 is 0 Å². The van der Waals surface area contributed by atoms with Gasteiger partial charge in [0.2, 0.25) is 5.95 Å². The molecule has 0 unspecified atom stereocenters. The normalized spacial score (nSPS) is 11.9. The average Bonchev–Trinajstić information content (AvgIpc) is 3.49. The summed E-state index contributed by atoms with van der Waals surface area (Å²) in [5.41, 5.74) is 5.51. The van der Waals surface area contributed by atoms with Crippen LogP contribution in [0.5, 0.6) is 0 Å². The summed E-state index contributed by atoms with van der Waals surface area (Å²) >= 11 is 0. The Labute approximate surface area is 207 Å². The summed E-state index contributed by atoms with van der Waals surface area (Å²) in [4.78, 5) is 5.23. The zero-order valence-corrected chi connectivity index (χ0v) is 19.5. The molecule has 0 bridgehead atoms. The predicted octanol–water partition coefficient (Wildman–Crippen LogP) is 8.43. The minimum Gasteiger partial charge on any atom is -0.278 e. The molecule has 8 aromatic rings. The van der Waals surface area contributed by atoms with Gasteiger partial charge in [-0.05, 0) is 46.5 Å². The third-order valence-corrected chi connectivity index (χ3v) is 7.31. The fourth-order valence-corrected chi connectivity index (χ4v) is 5.75. The third kappa shape index (κ3) is 2.60. The molecule has 0 amide bonds. The van der Waals surface area contributed by atoms with Gasteiger partial charge in [0.25, 0.3) is 0 Å². The van der Waals surface area contributed by atoms with Crippen molar-refractivity contribution in [2.45, 2.75) is 0 Å². The largest absolute Gasteiger partial charge is 0.278 e. The minimum atomic E-state index is 0.897. The highest BCUT2D eigenvalue weighted by Crippen LogP contribution is 2.39. The number of para-hydroxylation sites is 4. The van der Waals surface area contributed by atoms with Crippen LogP contribution in [-0.2, 0) is 0 Å². The number of fused-ring (bicyclic) bond motifs is 8. The molecule has 0 saturated heterocycles.